The third-order valence-electron chi connectivity index (χ3n) is 3.52. The molecule has 0 heterocycles. The molecule has 1 N–H and O–H groups in total. The summed E-state index contributed by atoms with van der Waals surface area (Å²) in [6.45, 7) is 5.24. The predicted octanol–water partition coefficient (Wildman–Crippen LogP) is 2.73. The van der Waals surface area contributed by atoms with E-state index in [1.54, 1.807) is 0 Å². The van der Waals surface area contributed by atoms with Crippen LogP contribution in [-0.4, -0.2) is 23.8 Å². The summed E-state index contributed by atoms with van der Waals surface area (Å²) >= 11 is 0. The molecule has 0 bridgehead atoms. The number of aliphatic hydroxyl groups is 1. The molecule has 0 saturated heterocycles. The number of nitrogens with zero attached hydrogens (tertiary/aromatic N) is 1. The van der Waals surface area contributed by atoms with Gasteiger partial charge in [-0.1, -0.05) is 12.1 Å². The average Bonchev–Trinajstić information content (AvgIpc) is 2.67. The third-order valence-corrected chi connectivity index (χ3v) is 3.52. The van der Waals surface area contributed by atoms with Gasteiger partial charge in [0.2, 0.25) is 0 Å². The molecule has 1 saturated carbocycles. The normalized spacial score (nSPS) is 24.7. The Bertz CT molecular complexity index is 350. The van der Waals surface area contributed by atoms with Crippen molar-refractivity contribution in [1.82, 2.24) is 0 Å². The third kappa shape index (κ3) is 2.22. The highest BCUT2D eigenvalue weighted by Gasteiger charge is 2.29. The van der Waals surface area contributed by atoms with Crippen molar-refractivity contribution in [2.24, 2.45) is 0 Å². The smallest absolute Gasteiger partial charge is 0.0743 e. The predicted molar refractivity (Wildman–Crippen MR) is 67.8 cm³/mol. The number of benzene rings is 1. The van der Waals surface area contributed by atoms with E-state index in [9.17, 15) is 5.11 Å². The van der Waals surface area contributed by atoms with Gasteiger partial charge in [0, 0.05) is 12.2 Å². The van der Waals surface area contributed by atoms with Crippen LogP contribution in [0.2, 0.25) is 0 Å². The van der Waals surface area contributed by atoms with Gasteiger partial charge in [-0.25, -0.2) is 0 Å². The van der Waals surface area contributed by atoms with Gasteiger partial charge in [0.05, 0.1) is 12.1 Å². The van der Waals surface area contributed by atoms with Crippen molar-refractivity contribution in [3.05, 3.63) is 29.8 Å². The fraction of sp³-hybridized carbons (Fsp3) is 0.571. The second kappa shape index (κ2) is 4.88. The van der Waals surface area contributed by atoms with Crippen molar-refractivity contribution in [2.45, 2.75) is 45.3 Å². The van der Waals surface area contributed by atoms with Crippen LogP contribution in [0.15, 0.2) is 24.3 Å². The lowest BCUT2D eigenvalue weighted by Gasteiger charge is -2.32. The molecule has 1 fully saturated rings. The van der Waals surface area contributed by atoms with E-state index < -0.39 is 0 Å². The molecule has 2 atom stereocenters. The molecule has 2 rings (SSSR count). The lowest BCUT2D eigenvalue weighted by molar-refractivity contribution is 0.161. The van der Waals surface area contributed by atoms with Crippen LogP contribution in [0.5, 0.6) is 0 Å². The van der Waals surface area contributed by atoms with Gasteiger partial charge in [0.15, 0.2) is 0 Å². The maximum Gasteiger partial charge on any atom is 0.0743 e. The molecule has 16 heavy (non-hydrogen) atoms. The van der Waals surface area contributed by atoms with Crippen LogP contribution in [0.1, 0.15) is 31.7 Å². The zero-order valence-corrected chi connectivity index (χ0v) is 10.2. The standard InChI is InChI=1S/C14H21NO/c1-3-15(13-8-5-9-14(13)16)12-7-4-6-11(2)10-12/h4,6-7,10,13-14,16H,3,5,8-9H2,1-2H3/t13-,14-/m1/s1. The number of likely N-dealkylation sites (N-methyl/N-ethyl adjacent to an activating group) is 1. The first-order valence-corrected chi connectivity index (χ1v) is 6.23. The number of rotatable bonds is 3. The summed E-state index contributed by atoms with van der Waals surface area (Å²) in [5.41, 5.74) is 2.52. The molecule has 0 aliphatic heterocycles. The highest BCUT2D eigenvalue weighted by Crippen LogP contribution is 2.28. The maximum atomic E-state index is 9.98. The zero-order valence-electron chi connectivity index (χ0n) is 10.2. The minimum atomic E-state index is -0.152. The van der Waals surface area contributed by atoms with Gasteiger partial charge in [0.25, 0.3) is 0 Å². The second-order valence-electron chi connectivity index (χ2n) is 4.69. The highest BCUT2D eigenvalue weighted by molar-refractivity contribution is 5.49. The Hall–Kier alpha value is -1.02. The van der Waals surface area contributed by atoms with Crippen LogP contribution in [0.3, 0.4) is 0 Å². The number of hydrogen-bond acceptors (Lipinski definition) is 2. The van der Waals surface area contributed by atoms with Crippen LogP contribution < -0.4 is 4.90 Å². The van der Waals surface area contributed by atoms with Gasteiger partial charge < -0.3 is 10.0 Å². The van der Waals surface area contributed by atoms with Gasteiger partial charge >= 0.3 is 0 Å². The fourth-order valence-corrected chi connectivity index (χ4v) is 2.70. The Morgan fingerprint density at radius 1 is 1.38 bits per heavy atom. The molecule has 0 spiro atoms. The highest BCUT2D eigenvalue weighted by atomic mass is 16.3. The summed E-state index contributed by atoms with van der Waals surface area (Å²) in [6, 6.07) is 8.86. The summed E-state index contributed by atoms with van der Waals surface area (Å²) in [5, 5.41) is 9.98. The summed E-state index contributed by atoms with van der Waals surface area (Å²) in [4.78, 5) is 2.34. The average molecular weight is 219 g/mol. The Morgan fingerprint density at radius 3 is 2.75 bits per heavy atom. The van der Waals surface area contributed by atoms with E-state index in [1.807, 2.05) is 0 Å². The number of aliphatic hydroxyl groups excluding tert-OH is 1. The van der Waals surface area contributed by atoms with E-state index in [1.165, 1.54) is 11.3 Å². The molecule has 1 aliphatic rings. The van der Waals surface area contributed by atoms with Gasteiger partial charge in [-0.15, -0.1) is 0 Å². The van der Waals surface area contributed by atoms with E-state index >= 15 is 0 Å². The van der Waals surface area contributed by atoms with Gasteiger partial charge in [-0.3, -0.25) is 0 Å². The number of hydrogen-bond donors (Lipinski definition) is 1. The largest absolute Gasteiger partial charge is 0.391 e. The minimum Gasteiger partial charge on any atom is -0.391 e. The van der Waals surface area contributed by atoms with Crippen LogP contribution in [-0.2, 0) is 0 Å². The van der Waals surface area contributed by atoms with Crippen molar-refractivity contribution in [3.8, 4) is 0 Å². The summed E-state index contributed by atoms with van der Waals surface area (Å²) in [6.07, 6.45) is 3.06. The van der Waals surface area contributed by atoms with Gasteiger partial charge in [-0.2, -0.15) is 0 Å². The van der Waals surface area contributed by atoms with Crippen molar-refractivity contribution >= 4 is 5.69 Å². The summed E-state index contributed by atoms with van der Waals surface area (Å²) in [5.74, 6) is 0. The molecular formula is C14H21NO. The van der Waals surface area contributed by atoms with E-state index in [-0.39, 0.29) is 6.10 Å². The van der Waals surface area contributed by atoms with Crippen molar-refractivity contribution in [3.63, 3.8) is 0 Å². The molecular weight excluding hydrogens is 198 g/mol. The van der Waals surface area contributed by atoms with Crippen LogP contribution >= 0.6 is 0 Å². The second-order valence-corrected chi connectivity index (χ2v) is 4.69. The van der Waals surface area contributed by atoms with Crippen LogP contribution in [0, 0.1) is 6.92 Å². The Balaban J connectivity index is 2.21. The van der Waals surface area contributed by atoms with Crippen molar-refractivity contribution < 1.29 is 5.11 Å². The fourth-order valence-electron chi connectivity index (χ4n) is 2.70. The first kappa shape index (κ1) is 11.5. The Labute approximate surface area is 97.9 Å². The number of anilines is 1. The first-order chi connectivity index (χ1) is 7.72. The lowest BCUT2D eigenvalue weighted by atomic mass is 10.1. The monoisotopic (exact) mass is 219 g/mol. The topological polar surface area (TPSA) is 23.5 Å². The number of aryl methyl sites for hydroxylation is 1. The SMILES string of the molecule is CCN(c1cccc(C)c1)[C@@H]1CCC[C@H]1O. The molecule has 1 aliphatic carbocycles. The van der Waals surface area contributed by atoms with Crippen molar-refractivity contribution in [1.29, 1.82) is 0 Å². The van der Waals surface area contributed by atoms with E-state index in [0.717, 1.165) is 25.8 Å². The summed E-state index contributed by atoms with van der Waals surface area (Å²) < 4.78 is 0. The minimum absolute atomic E-state index is 0.152. The van der Waals surface area contributed by atoms with Gasteiger partial charge in [-0.05, 0) is 50.8 Å². The molecule has 0 aromatic heterocycles. The lowest BCUT2D eigenvalue weighted by Crippen LogP contribution is -2.40. The molecule has 2 heteroatoms. The van der Waals surface area contributed by atoms with Crippen LogP contribution in [0.25, 0.3) is 0 Å². The van der Waals surface area contributed by atoms with E-state index in [2.05, 4.69) is 43.0 Å². The maximum absolute atomic E-state index is 9.98. The first-order valence-electron chi connectivity index (χ1n) is 6.23. The molecule has 1 aromatic carbocycles. The molecule has 1 aromatic rings. The van der Waals surface area contributed by atoms with Crippen molar-refractivity contribution in [2.75, 3.05) is 11.4 Å². The van der Waals surface area contributed by atoms with Crippen LogP contribution in [0.4, 0.5) is 5.69 Å². The summed E-state index contributed by atoms with van der Waals surface area (Å²) in [7, 11) is 0. The van der Waals surface area contributed by atoms with E-state index in [4.69, 9.17) is 0 Å². The van der Waals surface area contributed by atoms with Gasteiger partial charge in [0.1, 0.15) is 0 Å². The molecule has 0 amide bonds. The van der Waals surface area contributed by atoms with E-state index in [0.29, 0.717) is 6.04 Å². The Morgan fingerprint density at radius 2 is 2.19 bits per heavy atom. The molecule has 0 unspecified atom stereocenters. The molecule has 88 valence electrons. The quantitative estimate of drug-likeness (QED) is 0.845. The zero-order chi connectivity index (χ0) is 11.5. The molecule has 2 nitrogen and oxygen atoms in total. The molecule has 0 radical (unpaired) electrons. The Kier molecular flexibility index (Phi) is 3.49.